The number of alkyl halides is 3. The Morgan fingerprint density at radius 2 is 1.94 bits per heavy atom. The second-order valence-corrected chi connectivity index (χ2v) is 8.46. The number of H-pyrrole nitrogens is 1. The molecule has 0 aliphatic carbocycles. The molecule has 0 bridgehead atoms. The highest BCUT2D eigenvalue weighted by molar-refractivity contribution is 6.35. The monoisotopic (exact) mass is 486 g/mol. The minimum Gasteiger partial charge on any atom is -0.376 e. The van der Waals surface area contributed by atoms with Crippen molar-refractivity contribution in [3.05, 3.63) is 46.8 Å². The maximum atomic E-state index is 13.6. The van der Waals surface area contributed by atoms with Crippen LogP contribution in [0.15, 0.2) is 36.8 Å². The van der Waals surface area contributed by atoms with E-state index in [0.29, 0.717) is 32.6 Å². The molecule has 0 saturated carbocycles. The van der Waals surface area contributed by atoms with E-state index in [-0.39, 0.29) is 19.5 Å². The van der Waals surface area contributed by atoms with Gasteiger partial charge in [0.1, 0.15) is 17.8 Å². The highest BCUT2D eigenvalue weighted by Gasteiger charge is 2.45. The molecule has 1 aliphatic heterocycles. The molecule has 1 amide bonds. The molecule has 3 aromatic rings. The van der Waals surface area contributed by atoms with Crippen molar-refractivity contribution in [3.8, 4) is 0 Å². The van der Waals surface area contributed by atoms with E-state index in [4.69, 9.17) is 23.2 Å². The average molecular weight is 487 g/mol. The van der Waals surface area contributed by atoms with E-state index in [9.17, 15) is 18.0 Å². The van der Waals surface area contributed by atoms with Crippen molar-refractivity contribution in [2.24, 2.45) is 5.92 Å². The summed E-state index contributed by atoms with van der Waals surface area (Å²) in [6, 6.07) is 5.81. The van der Waals surface area contributed by atoms with Gasteiger partial charge in [-0.3, -0.25) is 4.79 Å². The third-order valence-electron chi connectivity index (χ3n) is 5.27. The Bertz CT molecular complexity index is 1100. The third-order valence-corrected chi connectivity index (χ3v) is 5.70. The van der Waals surface area contributed by atoms with Crippen molar-refractivity contribution in [1.82, 2.24) is 19.9 Å². The van der Waals surface area contributed by atoms with Gasteiger partial charge in [-0.2, -0.15) is 13.2 Å². The van der Waals surface area contributed by atoms with Gasteiger partial charge in [-0.25, -0.2) is 9.97 Å². The van der Waals surface area contributed by atoms with Gasteiger partial charge >= 0.3 is 6.18 Å². The molecule has 170 valence electrons. The largest absolute Gasteiger partial charge is 0.393 e. The zero-order valence-corrected chi connectivity index (χ0v) is 18.1. The number of anilines is 2. The second kappa shape index (κ2) is 9.03. The minimum absolute atomic E-state index is 0.110. The van der Waals surface area contributed by atoms with Crippen LogP contribution in [0.25, 0.3) is 11.0 Å². The molecule has 7 nitrogen and oxygen atoms in total. The Balaban J connectivity index is 1.48. The van der Waals surface area contributed by atoms with Gasteiger partial charge in [0, 0.05) is 41.1 Å². The summed E-state index contributed by atoms with van der Waals surface area (Å²) in [6.07, 6.45) is -1.59. The molecule has 2 aromatic heterocycles. The first-order valence-corrected chi connectivity index (χ1v) is 10.5. The molecule has 3 N–H and O–H groups in total. The van der Waals surface area contributed by atoms with E-state index in [0.717, 1.165) is 0 Å². The van der Waals surface area contributed by atoms with Gasteiger partial charge in [0.25, 0.3) is 0 Å². The molecule has 32 heavy (non-hydrogen) atoms. The van der Waals surface area contributed by atoms with Crippen LogP contribution in [0, 0.1) is 5.92 Å². The predicted molar refractivity (Wildman–Crippen MR) is 117 cm³/mol. The molecule has 0 spiro atoms. The predicted octanol–water partition coefficient (Wildman–Crippen LogP) is 4.57. The Hall–Kier alpha value is -2.72. The number of hydrogen-bond donors (Lipinski definition) is 3. The van der Waals surface area contributed by atoms with Crippen LogP contribution in [0.1, 0.15) is 6.42 Å². The number of aromatic amines is 1. The molecule has 4 rings (SSSR count). The molecule has 12 heteroatoms. The Kier molecular flexibility index (Phi) is 6.34. The maximum absolute atomic E-state index is 13.6. The van der Waals surface area contributed by atoms with Gasteiger partial charge in [0.2, 0.25) is 5.91 Å². The van der Waals surface area contributed by atoms with Crippen molar-refractivity contribution in [3.63, 3.8) is 0 Å². The number of nitrogens with one attached hydrogen (secondary N) is 3. The summed E-state index contributed by atoms with van der Waals surface area (Å²) < 4.78 is 40.8. The fourth-order valence-electron chi connectivity index (χ4n) is 3.77. The van der Waals surface area contributed by atoms with Crippen LogP contribution in [0.3, 0.4) is 0 Å². The van der Waals surface area contributed by atoms with Crippen LogP contribution in [0.4, 0.5) is 24.7 Å². The molecule has 1 unspecified atom stereocenters. The van der Waals surface area contributed by atoms with Crippen LogP contribution in [0.5, 0.6) is 0 Å². The van der Waals surface area contributed by atoms with Gasteiger partial charge in [-0.15, -0.1) is 0 Å². The lowest BCUT2D eigenvalue weighted by atomic mass is 9.93. The lowest BCUT2D eigenvalue weighted by Gasteiger charge is -2.39. The fourth-order valence-corrected chi connectivity index (χ4v) is 4.30. The Labute approximate surface area is 191 Å². The zero-order chi connectivity index (χ0) is 22.9. The Morgan fingerprint density at radius 1 is 1.19 bits per heavy atom. The highest BCUT2D eigenvalue weighted by atomic mass is 35.5. The summed E-state index contributed by atoms with van der Waals surface area (Å²) >= 11 is 11.9. The quantitative estimate of drug-likeness (QED) is 0.491. The number of halogens is 5. The topological polar surface area (TPSA) is 85.9 Å². The van der Waals surface area contributed by atoms with Crippen molar-refractivity contribution >= 4 is 51.6 Å². The first-order valence-electron chi connectivity index (χ1n) is 9.78. The standard InChI is InChI=1S/C20H19Cl2F3N6O/c21-12-4-13(22)6-14(5-12)27-7-17(32)31-8-11(20(23,24)25)3-15(9-31)30-19-16-1-2-26-18(16)28-10-29-19/h1-2,4-6,10-11,15,27H,3,7-9H2,(H2,26,28,29,30)/t11?,15-/m0/s1. The van der Waals surface area contributed by atoms with Crippen LogP contribution >= 0.6 is 23.2 Å². The van der Waals surface area contributed by atoms with Crippen molar-refractivity contribution in [2.75, 3.05) is 30.3 Å². The molecule has 1 aliphatic rings. The third kappa shape index (κ3) is 5.18. The number of aromatic nitrogens is 3. The molecule has 3 heterocycles. The lowest BCUT2D eigenvalue weighted by molar-refractivity contribution is -0.188. The lowest BCUT2D eigenvalue weighted by Crippen LogP contribution is -2.53. The number of benzene rings is 1. The summed E-state index contributed by atoms with van der Waals surface area (Å²) in [6.45, 7) is -0.481. The molecule has 0 radical (unpaired) electrons. The van der Waals surface area contributed by atoms with E-state index >= 15 is 0 Å². The van der Waals surface area contributed by atoms with Gasteiger partial charge in [-0.1, -0.05) is 23.2 Å². The summed E-state index contributed by atoms with van der Waals surface area (Å²) in [5.74, 6) is -1.69. The number of nitrogens with zero attached hydrogens (tertiary/aromatic N) is 3. The first kappa shape index (κ1) is 22.5. The minimum atomic E-state index is -4.43. The van der Waals surface area contributed by atoms with Gasteiger partial charge in [-0.05, 0) is 30.7 Å². The van der Waals surface area contributed by atoms with Gasteiger partial charge < -0.3 is 20.5 Å². The Morgan fingerprint density at radius 3 is 2.66 bits per heavy atom. The number of fused-ring (bicyclic) bond motifs is 1. The second-order valence-electron chi connectivity index (χ2n) is 7.59. The van der Waals surface area contributed by atoms with E-state index in [2.05, 4.69) is 25.6 Å². The molecule has 1 aromatic carbocycles. The van der Waals surface area contributed by atoms with E-state index in [1.165, 1.54) is 11.2 Å². The summed E-state index contributed by atoms with van der Waals surface area (Å²) in [5.41, 5.74) is 1.08. The highest BCUT2D eigenvalue weighted by Crippen LogP contribution is 2.34. The normalized spacial score (nSPS) is 19.2. The number of rotatable bonds is 5. The zero-order valence-electron chi connectivity index (χ0n) is 16.6. The van der Waals surface area contributed by atoms with E-state index in [1.54, 1.807) is 30.5 Å². The van der Waals surface area contributed by atoms with Crippen LogP contribution in [0.2, 0.25) is 10.0 Å². The molecule has 2 atom stereocenters. The number of amides is 1. The number of piperidine rings is 1. The first-order chi connectivity index (χ1) is 15.2. The average Bonchev–Trinajstić information content (AvgIpc) is 3.20. The summed E-state index contributed by atoms with van der Waals surface area (Å²) in [5, 5.41) is 7.37. The maximum Gasteiger partial charge on any atom is 0.393 e. The van der Waals surface area contributed by atoms with E-state index < -0.39 is 30.6 Å². The molecule has 1 saturated heterocycles. The van der Waals surface area contributed by atoms with E-state index in [1.807, 2.05) is 0 Å². The number of carbonyl (C=O) groups is 1. The number of carbonyl (C=O) groups excluding carboxylic acids is 1. The van der Waals surface area contributed by atoms with Crippen LogP contribution < -0.4 is 10.6 Å². The van der Waals surface area contributed by atoms with Crippen molar-refractivity contribution in [1.29, 1.82) is 0 Å². The van der Waals surface area contributed by atoms with Crippen LogP contribution in [-0.4, -0.2) is 57.6 Å². The van der Waals surface area contributed by atoms with Crippen molar-refractivity contribution in [2.45, 2.75) is 18.6 Å². The smallest absolute Gasteiger partial charge is 0.376 e. The molecule has 1 fully saturated rings. The van der Waals surface area contributed by atoms with Gasteiger partial charge in [0.05, 0.1) is 17.8 Å². The molecular weight excluding hydrogens is 468 g/mol. The SMILES string of the molecule is O=C(CNc1cc(Cl)cc(Cl)c1)N1CC(C(F)(F)F)C[C@H](Nc2ncnc3[nH]ccc23)C1. The number of likely N-dealkylation sites (tertiary alicyclic amines) is 1. The fraction of sp³-hybridized carbons (Fsp3) is 0.350. The number of hydrogen-bond acceptors (Lipinski definition) is 5. The van der Waals surface area contributed by atoms with Crippen LogP contribution in [-0.2, 0) is 4.79 Å². The summed E-state index contributed by atoms with van der Waals surface area (Å²) in [7, 11) is 0. The van der Waals surface area contributed by atoms with Gasteiger partial charge in [0.15, 0.2) is 0 Å². The van der Waals surface area contributed by atoms with Crippen molar-refractivity contribution < 1.29 is 18.0 Å². The summed E-state index contributed by atoms with van der Waals surface area (Å²) in [4.78, 5) is 25.1. The molecular formula is C20H19Cl2F3N6O.